The third-order valence-corrected chi connectivity index (χ3v) is 3.32. The van der Waals surface area contributed by atoms with Crippen LogP contribution in [0.25, 0.3) is 0 Å². The number of halogens is 2. The van der Waals surface area contributed by atoms with Crippen molar-refractivity contribution in [2.45, 2.75) is 25.3 Å². The number of benzene rings is 1. The van der Waals surface area contributed by atoms with Crippen LogP contribution in [0.3, 0.4) is 0 Å². The van der Waals surface area contributed by atoms with Gasteiger partial charge in [-0.25, -0.2) is 4.39 Å². The zero-order valence-corrected chi connectivity index (χ0v) is 9.98. The molecule has 1 saturated heterocycles. The van der Waals surface area contributed by atoms with E-state index < -0.39 is 5.82 Å². The molecule has 1 fully saturated rings. The van der Waals surface area contributed by atoms with Crippen molar-refractivity contribution in [3.05, 3.63) is 28.5 Å². The zero-order chi connectivity index (χ0) is 11.5. The third kappa shape index (κ3) is 2.30. The molecule has 1 aromatic carbocycles. The van der Waals surface area contributed by atoms with Crippen molar-refractivity contribution in [2.75, 3.05) is 13.7 Å². The first-order valence-electron chi connectivity index (χ1n) is 5.48. The summed E-state index contributed by atoms with van der Waals surface area (Å²) in [5.41, 5.74) is 0.915. The van der Waals surface area contributed by atoms with Crippen LogP contribution in [0.5, 0.6) is 5.75 Å². The number of methoxy groups -OCH3 is 1. The lowest BCUT2D eigenvalue weighted by molar-refractivity contribution is 0.396. The Morgan fingerprint density at radius 3 is 2.88 bits per heavy atom. The topological polar surface area (TPSA) is 21.3 Å². The van der Waals surface area contributed by atoms with Gasteiger partial charge in [-0.15, -0.1) is 0 Å². The fourth-order valence-corrected chi connectivity index (χ4v) is 2.26. The van der Waals surface area contributed by atoms with Crippen molar-refractivity contribution < 1.29 is 9.13 Å². The maximum absolute atomic E-state index is 13.5. The van der Waals surface area contributed by atoms with Gasteiger partial charge >= 0.3 is 0 Å². The molecule has 16 heavy (non-hydrogen) atoms. The van der Waals surface area contributed by atoms with E-state index in [-0.39, 0.29) is 11.1 Å². The molecule has 2 nitrogen and oxygen atoms in total. The van der Waals surface area contributed by atoms with Gasteiger partial charge in [0.1, 0.15) is 16.6 Å². The van der Waals surface area contributed by atoms with Gasteiger partial charge in [0.25, 0.3) is 0 Å². The van der Waals surface area contributed by atoms with Crippen molar-refractivity contribution in [3.63, 3.8) is 0 Å². The van der Waals surface area contributed by atoms with Gasteiger partial charge in [-0.1, -0.05) is 18.0 Å². The first-order valence-corrected chi connectivity index (χ1v) is 5.86. The second kappa shape index (κ2) is 5.02. The van der Waals surface area contributed by atoms with Gasteiger partial charge in [0.2, 0.25) is 0 Å². The first kappa shape index (κ1) is 11.7. The normalized spacial score (nSPS) is 20.8. The van der Waals surface area contributed by atoms with Crippen molar-refractivity contribution in [3.8, 4) is 5.75 Å². The molecule has 1 aliphatic rings. The number of hydrogen-bond donors (Lipinski definition) is 1. The number of piperidine rings is 1. The van der Waals surface area contributed by atoms with Gasteiger partial charge < -0.3 is 10.1 Å². The van der Waals surface area contributed by atoms with Crippen LogP contribution in [0.15, 0.2) is 12.1 Å². The fraction of sp³-hybridized carbons (Fsp3) is 0.500. The highest BCUT2D eigenvalue weighted by Gasteiger charge is 2.18. The Morgan fingerprint density at radius 1 is 1.44 bits per heavy atom. The van der Waals surface area contributed by atoms with E-state index in [2.05, 4.69) is 5.32 Å². The summed E-state index contributed by atoms with van der Waals surface area (Å²) in [6, 6.07) is 3.52. The minimum atomic E-state index is -0.414. The van der Waals surface area contributed by atoms with E-state index in [1.54, 1.807) is 0 Å². The summed E-state index contributed by atoms with van der Waals surface area (Å²) >= 11 is 5.78. The van der Waals surface area contributed by atoms with E-state index in [0.717, 1.165) is 18.5 Å². The molecular formula is C12H15ClFNO. The van der Waals surface area contributed by atoms with Crippen molar-refractivity contribution in [2.24, 2.45) is 0 Å². The molecule has 0 saturated carbocycles. The molecule has 1 aromatic rings. The molecule has 0 radical (unpaired) electrons. The van der Waals surface area contributed by atoms with E-state index in [4.69, 9.17) is 16.3 Å². The SMILES string of the molecule is COc1cc(C2CCCCN2)cc(F)c1Cl. The minimum Gasteiger partial charge on any atom is -0.495 e. The zero-order valence-electron chi connectivity index (χ0n) is 9.22. The maximum Gasteiger partial charge on any atom is 0.145 e. The molecular weight excluding hydrogens is 229 g/mol. The fourth-order valence-electron chi connectivity index (χ4n) is 2.07. The number of rotatable bonds is 2. The van der Waals surface area contributed by atoms with Gasteiger partial charge in [0, 0.05) is 6.04 Å². The second-order valence-electron chi connectivity index (χ2n) is 4.02. The Labute approximate surface area is 99.7 Å². The van der Waals surface area contributed by atoms with Crippen LogP contribution in [-0.2, 0) is 0 Å². The Kier molecular flexibility index (Phi) is 3.66. The highest BCUT2D eigenvalue weighted by molar-refractivity contribution is 6.32. The largest absolute Gasteiger partial charge is 0.495 e. The molecule has 1 N–H and O–H groups in total. The molecule has 88 valence electrons. The van der Waals surface area contributed by atoms with Crippen molar-refractivity contribution in [1.82, 2.24) is 5.32 Å². The van der Waals surface area contributed by atoms with Crippen molar-refractivity contribution in [1.29, 1.82) is 0 Å². The minimum absolute atomic E-state index is 0.0575. The summed E-state index contributed by atoms with van der Waals surface area (Å²) in [4.78, 5) is 0. The summed E-state index contributed by atoms with van der Waals surface area (Å²) < 4.78 is 18.6. The summed E-state index contributed by atoms with van der Waals surface area (Å²) in [5, 5.41) is 3.43. The van der Waals surface area contributed by atoms with Crippen LogP contribution < -0.4 is 10.1 Å². The van der Waals surface area contributed by atoms with Crippen molar-refractivity contribution >= 4 is 11.6 Å². The van der Waals surface area contributed by atoms with E-state index in [0.29, 0.717) is 5.75 Å². The van der Waals surface area contributed by atoms with Crippen LogP contribution in [0.1, 0.15) is 30.9 Å². The van der Waals surface area contributed by atoms with E-state index in [1.165, 1.54) is 26.0 Å². The number of nitrogens with one attached hydrogen (secondary N) is 1. The number of ether oxygens (including phenoxy) is 1. The summed E-state index contributed by atoms with van der Waals surface area (Å²) in [6.07, 6.45) is 3.39. The van der Waals surface area contributed by atoms with Gasteiger partial charge in [0.15, 0.2) is 0 Å². The molecule has 1 unspecified atom stereocenters. The predicted octanol–water partition coefficient (Wildman–Crippen LogP) is 3.30. The van der Waals surface area contributed by atoms with Crippen LogP contribution in [0.4, 0.5) is 4.39 Å². The molecule has 0 aliphatic carbocycles. The summed E-state index contributed by atoms with van der Waals surface area (Å²) in [5.74, 6) is -0.00701. The second-order valence-corrected chi connectivity index (χ2v) is 4.40. The predicted molar refractivity (Wildman–Crippen MR) is 62.6 cm³/mol. The van der Waals surface area contributed by atoms with Crippen LogP contribution in [0.2, 0.25) is 5.02 Å². The summed E-state index contributed by atoms with van der Waals surface area (Å²) in [6.45, 7) is 0.983. The molecule has 0 bridgehead atoms. The van der Waals surface area contributed by atoms with E-state index >= 15 is 0 Å². The molecule has 0 spiro atoms. The molecule has 1 atom stereocenters. The lowest BCUT2D eigenvalue weighted by Gasteiger charge is -2.24. The lowest BCUT2D eigenvalue weighted by Crippen LogP contribution is -2.26. The van der Waals surface area contributed by atoms with Gasteiger partial charge in [-0.2, -0.15) is 0 Å². The Balaban J connectivity index is 2.29. The number of hydrogen-bond acceptors (Lipinski definition) is 2. The van der Waals surface area contributed by atoms with E-state index in [9.17, 15) is 4.39 Å². The standard InChI is InChI=1S/C12H15ClFNO/c1-16-11-7-8(6-9(14)12(11)13)10-4-2-3-5-15-10/h6-7,10,15H,2-5H2,1H3. The molecule has 1 aliphatic heterocycles. The maximum atomic E-state index is 13.5. The molecule has 0 aromatic heterocycles. The van der Waals surface area contributed by atoms with Gasteiger partial charge in [-0.3, -0.25) is 0 Å². The molecule has 0 amide bonds. The summed E-state index contributed by atoms with van der Waals surface area (Å²) in [7, 11) is 1.50. The molecule has 2 rings (SSSR count). The monoisotopic (exact) mass is 243 g/mol. The third-order valence-electron chi connectivity index (χ3n) is 2.95. The van der Waals surface area contributed by atoms with Gasteiger partial charge in [-0.05, 0) is 37.1 Å². The quantitative estimate of drug-likeness (QED) is 0.861. The first-order chi connectivity index (χ1) is 7.72. The Bertz CT molecular complexity index is 378. The highest BCUT2D eigenvalue weighted by atomic mass is 35.5. The Morgan fingerprint density at radius 2 is 2.25 bits per heavy atom. The van der Waals surface area contributed by atoms with Crippen LogP contribution >= 0.6 is 11.6 Å². The van der Waals surface area contributed by atoms with E-state index in [1.807, 2.05) is 6.07 Å². The average Bonchev–Trinajstić information content (AvgIpc) is 2.33. The smallest absolute Gasteiger partial charge is 0.145 e. The van der Waals surface area contributed by atoms with Gasteiger partial charge in [0.05, 0.1) is 7.11 Å². The van der Waals surface area contributed by atoms with Crippen LogP contribution in [-0.4, -0.2) is 13.7 Å². The van der Waals surface area contributed by atoms with Crippen LogP contribution in [0, 0.1) is 5.82 Å². The highest BCUT2D eigenvalue weighted by Crippen LogP contribution is 2.33. The average molecular weight is 244 g/mol. The molecule has 4 heteroatoms. The molecule has 1 heterocycles. The Hall–Kier alpha value is -0.800. The lowest BCUT2D eigenvalue weighted by atomic mass is 9.97.